The van der Waals surface area contributed by atoms with Gasteiger partial charge >= 0.3 is 34.1 Å². The Bertz CT molecular complexity index is 1090. The molecule has 2 aromatic rings. The zero-order chi connectivity index (χ0) is 28.7. The van der Waals surface area contributed by atoms with Crippen molar-refractivity contribution < 1.29 is 44.4 Å². The minimum atomic E-state index is -0.0174. The summed E-state index contributed by atoms with van der Waals surface area (Å²) >= 11 is 10.7. The van der Waals surface area contributed by atoms with E-state index in [9.17, 15) is 10.2 Å². The van der Waals surface area contributed by atoms with Crippen molar-refractivity contribution in [2.45, 2.75) is 65.2 Å². The van der Waals surface area contributed by atoms with Crippen molar-refractivity contribution in [3.05, 3.63) is 59.7 Å². The fraction of sp³-hybridized carbons (Fsp3) is 0.467. The van der Waals surface area contributed by atoms with Crippen LogP contribution in [0.1, 0.15) is 76.3 Å². The van der Waals surface area contributed by atoms with Gasteiger partial charge in [0.25, 0.3) is 0 Å². The molecule has 0 bridgehead atoms. The molecule has 0 unspecified atom stereocenters. The van der Waals surface area contributed by atoms with E-state index in [1.807, 2.05) is 26.0 Å². The minimum Gasteiger partial charge on any atom is -0.872 e. The number of hydrazone groups is 2. The summed E-state index contributed by atoms with van der Waals surface area (Å²) in [5.74, 6) is -0.0347. The number of thiocarbonyl (C=S) groups is 2. The molecule has 42 heavy (non-hydrogen) atoms. The molecule has 2 heterocycles. The SMILES string of the molecule is CC(=NNC(=S)N1CCCCCC1)c1ccccc1[O-].CC(=NNC(=S)N1CCCCCC1)c1ccccc1[O-].[Cu+2].[Cu+2]. The maximum atomic E-state index is 11.7. The Morgan fingerprint density at radius 1 is 0.595 bits per heavy atom. The predicted molar refractivity (Wildman–Crippen MR) is 168 cm³/mol. The van der Waals surface area contributed by atoms with Gasteiger partial charge in [-0.25, -0.2) is 0 Å². The molecule has 2 aliphatic heterocycles. The van der Waals surface area contributed by atoms with Crippen molar-refractivity contribution in [1.82, 2.24) is 20.7 Å². The first-order valence-corrected chi connectivity index (χ1v) is 14.9. The van der Waals surface area contributed by atoms with E-state index in [2.05, 4.69) is 30.9 Å². The van der Waals surface area contributed by atoms with Crippen LogP contribution in [0, 0.1) is 0 Å². The van der Waals surface area contributed by atoms with E-state index in [0.29, 0.717) is 32.8 Å². The van der Waals surface area contributed by atoms with Gasteiger partial charge in [-0.15, -0.1) is 0 Å². The zero-order valence-corrected chi connectivity index (χ0v) is 27.6. The topological polar surface area (TPSA) is 101 Å². The van der Waals surface area contributed by atoms with E-state index in [1.54, 1.807) is 36.4 Å². The summed E-state index contributed by atoms with van der Waals surface area (Å²) in [5, 5.41) is 33.2. The van der Waals surface area contributed by atoms with E-state index in [-0.39, 0.29) is 45.6 Å². The van der Waals surface area contributed by atoms with Crippen molar-refractivity contribution in [2.24, 2.45) is 10.2 Å². The average Bonchev–Trinajstić information content (AvgIpc) is 3.41. The van der Waals surface area contributed by atoms with Crippen LogP contribution in [0.3, 0.4) is 0 Å². The van der Waals surface area contributed by atoms with Gasteiger partial charge in [-0.2, -0.15) is 10.2 Å². The molecule has 0 saturated carbocycles. The van der Waals surface area contributed by atoms with Crippen LogP contribution in [-0.4, -0.2) is 57.6 Å². The second kappa shape index (κ2) is 20.7. The average molecular weight is 708 g/mol. The number of likely N-dealkylation sites (tertiary alicyclic amines) is 2. The normalized spacial score (nSPS) is 15.9. The minimum absolute atomic E-state index is 0. The summed E-state index contributed by atoms with van der Waals surface area (Å²) < 4.78 is 0. The molecule has 4 rings (SSSR count). The van der Waals surface area contributed by atoms with Crippen molar-refractivity contribution in [2.75, 3.05) is 26.2 Å². The van der Waals surface area contributed by atoms with Crippen LogP contribution in [0.5, 0.6) is 11.5 Å². The fourth-order valence-electron chi connectivity index (χ4n) is 4.60. The molecule has 2 saturated heterocycles. The molecule has 0 spiro atoms. The fourth-order valence-corrected chi connectivity index (χ4v) is 5.06. The quantitative estimate of drug-likeness (QED) is 0.208. The Morgan fingerprint density at radius 3 is 1.21 bits per heavy atom. The molecule has 0 aromatic heterocycles. The molecule has 2 fully saturated rings. The molecule has 0 atom stereocenters. The number of nitrogens with zero attached hydrogens (tertiary/aromatic N) is 4. The third kappa shape index (κ3) is 12.6. The van der Waals surface area contributed by atoms with Gasteiger partial charge in [-0.05, 0) is 75.1 Å². The Labute approximate surface area is 282 Å². The number of hydrogen-bond donors (Lipinski definition) is 2. The number of benzene rings is 2. The van der Waals surface area contributed by atoms with Crippen molar-refractivity contribution >= 4 is 46.1 Å². The molecular formula is C30H40Cu2N6O2S2+2. The summed E-state index contributed by atoms with van der Waals surface area (Å²) in [6.45, 7) is 7.57. The monoisotopic (exact) mass is 706 g/mol. The summed E-state index contributed by atoms with van der Waals surface area (Å²) in [7, 11) is 0. The Morgan fingerprint density at radius 2 is 0.905 bits per heavy atom. The van der Waals surface area contributed by atoms with Crippen LogP contribution in [-0.2, 0) is 34.1 Å². The van der Waals surface area contributed by atoms with Gasteiger partial charge in [-0.1, -0.05) is 85.7 Å². The second-order valence-electron chi connectivity index (χ2n) is 10.0. The third-order valence-corrected chi connectivity index (χ3v) is 7.68. The number of rotatable bonds is 4. The van der Waals surface area contributed by atoms with E-state index in [4.69, 9.17) is 24.4 Å². The van der Waals surface area contributed by atoms with Gasteiger partial charge in [-0.3, -0.25) is 10.9 Å². The first kappa shape index (κ1) is 37.8. The molecule has 2 radical (unpaired) electrons. The first-order chi connectivity index (χ1) is 19.4. The number of hydrogen-bond acceptors (Lipinski definition) is 6. The van der Waals surface area contributed by atoms with Gasteiger partial charge < -0.3 is 20.0 Å². The molecule has 234 valence electrons. The first-order valence-electron chi connectivity index (χ1n) is 14.1. The standard InChI is InChI=1S/2C15H21N3OS.2Cu/c2*1-12(13-8-4-5-9-14(13)19)16-17-15(20)18-10-6-2-3-7-11-18;;/h2*4-5,8-9,19H,2-3,6-7,10-11H2,1H3,(H,17,20);;/q;;2*+2/p-2. The van der Waals surface area contributed by atoms with Gasteiger partial charge in [0, 0.05) is 26.2 Å². The molecular weight excluding hydrogens is 668 g/mol. The molecule has 0 aliphatic carbocycles. The second-order valence-corrected chi connectivity index (χ2v) is 10.8. The van der Waals surface area contributed by atoms with Crippen LogP contribution in [0.4, 0.5) is 0 Å². The van der Waals surface area contributed by atoms with Crippen molar-refractivity contribution in [3.63, 3.8) is 0 Å². The van der Waals surface area contributed by atoms with Gasteiger partial charge in [0.15, 0.2) is 10.2 Å². The Hall–Kier alpha value is -2.20. The van der Waals surface area contributed by atoms with E-state index < -0.39 is 0 Å². The Kier molecular flexibility index (Phi) is 18.6. The maximum absolute atomic E-state index is 11.7. The van der Waals surface area contributed by atoms with Gasteiger partial charge in [0.1, 0.15) is 0 Å². The molecule has 12 heteroatoms. The predicted octanol–water partition coefficient (Wildman–Crippen LogP) is 4.46. The smallest absolute Gasteiger partial charge is 0.872 e. The van der Waals surface area contributed by atoms with Crippen LogP contribution in [0.15, 0.2) is 58.7 Å². The Balaban J connectivity index is 0.000000401. The number of nitrogens with one attached hydrogen (secondary N) is 2. The van der Waals surface area contributed by atoms with Crippen LogP contribution < -0.4 is 21.1 Å². The maximum Gasteiger partial charge on any atom is 2.00 e. The molecule has 2 aliphatic rings. The number of para-hydroxylation sites is 2. The molecule has 2 aromatic carbocycles. The van der Waals surface area contributed by atoms with Crippen LogP contribution >= 0.6 is 24.4 Å². The van der Waals surface area contributed by atoms with Crippen molar-refractivity contribution in [1.29, 1.82) is 0 Å². The molecule has 8 nitrogen and oxygen atoms in total. The summed E-state index contributed by atoms with van der Waals surface area (Å²) in [4.78, 5) is 4.31. The van der Waals surface area contributed by atoms with Crippen molar-refractivity contribution in [3.8, 4) is 11.5 Å². The van der Waals surface area contributed by atoms with Crippen LogP contribution in [0.25, 0.3) is 0 Å². The summed E-state index contributed by atoms with van der Waals surface area (Å²) in [6, 6.07) is 13.8. The molecule has 0 amide bonds. The summed E-state index contributed by atoms with van der Waals surface area (Å²) in [6.07, 6.45) is 9.77. The molecule has 2 N–H and O–H groups in total. The van der Waals surface area contributed by atoms with E-state index in [1.165, 1.54) is 51.4 Å². The van der Waals surface area contributed by atoms with E-state index >= 15 is 0 Å². The summed E-state index contributed by atoms with van der Waals surface area (Å²) in [5.41, 5.74) is 8.36. The zero-order valence-electron chi connectivity index (χ0n) is 24.1. The third-order valence-electron chi connectivity index (χ3n) is 6.98. The van der Waals surface area contributed by atoms with Gasteiger partial charge in [0.05, 0.1) is 11.4 Å². The van der Waals surface area contributed by atoms with E-state index in [0.717, 1.165) is 26.2 Å². The largest absolute Gasteiger partial charge is 2.00 e. The van der Waals surface area contributed by atoms with Gasteiger partial charge in [0.2, 0.25) is 0 Å². The van der Waals surface area contributed by atoms with Crippen LogP contribution in [0.2, 0.25) is 0 Å².